The van der Waals surface area contributed by atoms with E-state index in [-0.39, 0.29) is 0 Å². The minimum absolute atomic E-state index is 0.555. The molecule has 0 aromatic heterocycles. The topological polar surface area (TPSA) is 18.5 Å². The van der Waals surface area contributed by atoms with E-state index in [0.29, 0.717) is 11.8 Å². The predicted molar refractivity (Wildman–Crippen MR) is 128 cm³/mol. The van der Waals surface area contributed by atoms with E-state index in [9.17, 15) is 0 Å². The summed E-state index contributed by atoms with van der Waals surface area (Å²) in [6, 6.07) is 17.2. The Labute approximate surface area is 184 Å². The Morgan fingerprint density at radius 2 is 1.03 bits per heavy atom. The van der Waals surface area contributed by atoms with E-state index in [1.807, 2.05) is 0 Å². The predicted octanol–water partition coefficient (Wildman–Crippen LogP) is 8.43. The molecule has 0 bridgehead atoms. The fraction of sp³-hybridized carbons (Fsp3) is 0.538. The maximum atomic E-state index is 6.68. The molecular weight excluding hydrogens is 463 g/mol. The van der Waals surface area contributed by atoms with Crippen LogP contribution >= 0.6 is 0 Å². The van der Waals surface area contributed by atoms with Crippen LogP contribution in [0.5, 0.6) is 11.5 Å². The van der Waals surface area contributed by atoms with Crippen LogP contribution in [0.2, 0.25) is 9.88 Å². The Morgan fingerprint density at radius 3 is 1.38 bits per heavy atom. The first kappa shape index (κ1) is 24.1. The van der Waals surface area contributed by atoms with Crippen LogP contribution in [0.3, 0.4) is 0 Å². The van der Waals surface area contributed by atoms with E-state index in [4.69, 9.17) is 6.15 Å². The van der Waals surface area contributed by atoms with Gasteiger partial charge in [0.15, 0.2) is 0 Å². The molecule has 0 N–H and O–H groups in total. The van der Waals surface area contributed by atoms with Gasteiger partial charge in [0.2, 0.25) is 0 Å². The first-order valence-electron chi connectivity index (χ1n) is 11.5. The molecule has 0 amide bonds. The van der Waals surface area contributed by atoms with Gasteiger partial charge in [0.05, 0.1) is 0 Å². The van der Waals surface area contributed by atoms with Crippen molar-refractivity contribution in [1.29, 1.82) is 0 Å². The number of hydrogen-bond acceptors (Lipinski definition) is 2. The van der Waals surface area contributed by atoms with E-state index in [0.717, 1.165) is 24.3 Å². The number of benzene rings is 2. The van der Waals surface area contributed by atoms with Crippen molar-refractivity contribution in [2.75, 3.05) is 0 Å². The average molecular weight is 503 g/mol. The SMILES string of the molecule is CCCC(CC)c1ccccc1[O][Sn]([CH3])([CH3])[O]c1ccccc1C(CC)CCC. The zero-order chi connectivity index (χ0) is 21.3. The van der Waals surface area contributed by atoms with Crippen molar-refractivity contribution < 1.29 is 6.15 Å². The maximum absolute atomic E-state index is 6.68. The van der Waals surface area contributed by atoms with Crippen molar-refractivity contribution in [2.24, 2.45) is 0 Å². The van der Waals surface area contributed by atoms with Crippen molar-refractivity contribution in [1.82, 2.24) is 0 Å². The first-order chi connectivity index (χ1) is 14.0. The molecule has 3 heteroatoms. The summed E-state index contributed by atoms with van der Waals surface area (Å²) >= 11 is -3.26. The van der Waals surface area contributed by atoms with Gasteiger partial charge in [-0.3, -0.25) is 0 Å². The summed E-state index contributed by atoms with van der Waals surface area (Å²) in [7, 11) is 0. The molecule has 0 fully saturated rings. The van der Waals surface area contributed by atoms with Gasteiger partial charge in [-0.15, -0.1) is 0 Å². The van der Waals surface area contributed by atoms with E-state index in [2.05, 4.69) is 86.1 Å². The van der Waals surface area contributed by atoms with Crippen LogP contribution in [-0.2, 0) is 0 Å². The van der Waals surface area contributed by atoms with Gasteiger partial charge >= 0.3 is 184 Å². The Morgan fingerprint density at radius 1 is 0.655 bits per heavy atom. The summed E-state index contributed by atoms with van der Waals surface area (Å²) in [4.78, 5) is 4.45. The Balaban J connectivity index is 2.26. The van der Waals surface area contributed by atoms with E-state index in [1.54, 1.807) is 0 Å². The normalized spacial score (nSPS) is 13.7. The molecule has 0 heterocycles. The summed E-state index contributed by atoms with van der Waals surface area (Å²) in [6.07, 6.45) is 7.07. The fourth-order valence-corrected chi connectivity index (χ4v) is 8.43. The third kappa shape index (κ3) is 6.94. The molecule has 160 valence electrons. The van der Waals surface area contributed by atoms with Gasteiger partial charge < -0.3 is 0 Å². The first-order valence-corrected chi connectivity index (χ1v) is 19.5. The van der Waals surface area contributed by atoms with Gasteiger partial charge in [0, 0.05) is 0 Å². The summed E-state index contributed by atoms with van der Waals surface area (Å²) in [5.41, 5.74) is 2.69. The molecule has 0 spiro atoms. The van der Waals surface area contributed by atoms with E-state index >= 15 is 0 Å². The molecule has 0 radical (unpaired) electrons. The summed E-state index contributed by atoms with van der Waals surface area (Å²) < 4.78 is 13.4. The molecule has 0 saturated heterocycles. The van der Waals surface area contributed by atoms with Crippen LogP contribution in [0.25, 0.3) is 0 Å². The fourth-order valence-electron chi connectivity index (χ4n) is 4.23. The van der Waals surface area contributed by atoms with Crippen LogP contribution in [0.15, 0.2) is 48.5 Å². The Kier molecular flexibility index (Phi) is 9.88. The van der Waals surface area contributed by atoms with Gasteiger partial charge in [0.25, 0.3) is 0 Å². The minimum atomic E-state index is -3.26. The third-order valence-corrected chi connectivity index (χ3v) is 9.75. The molecule has 0 aliphatic carbocycles. The number of para-hydroxylation sites is 2. The number of hydrogen-bond donors (Lipinski definition) is 0. The molecule has 29 heavy (non-hydrogen) atoms. The second-order valence-corrected chi connectivity index (χ2v) is 17.6. The van der Waals surface area contributed by atoms with Crippen molar-refractivity contribution in [3.8, 4) is 11.5 Å². The zero-order valence-corrected chi connectivity index (χ0v) is 22.2. The molecule has 2 aromatic carbocycles. The molecule has 0 saturated carbocycles. The van der Waals surface area contributed by atoms with Gasteiger partial charge in [-0.1, -0.05) is 0 Å². The second kappa shape index (κ2) is 11.9. The molecule has 2 unspecified atom stereocenters. The molecule has 2 atom stereocenters. The zero-order valence-electron chi connectivity index (χ0n) is 19.3. The van der Waals surface area contributed by atoms with Crippen LogP contribution in [0, 0.1) is 0 Å². The molecule has 2 rings (SSSR count). The van der Waals surface area contributed by atoms with E-state index in [1.165, 1.54) is 36.8 Å². The van der Waals surface area contributed by atoms with Gasteiger partial charge in [-0.2, -0.15) is 0 Å². The molecule has 0 aliphatic heterocycles. The van der Waals surface area contributed by atoms with Crippen LogP contribution < -0.4 is 6.15 Å². The molecule has 2 nitrogen and oxygen atoms in total. The van der Waals surface area contributed by atoms with Crippen molar-refractivity contribution in [3.05, 3.63) is 59.7 Å². The van der Waals surface area contributed by atoms with Crippen molar-refractivity contribution in [3.63, 3.8) is 0 Å². The van der Waals surface area contributed by atoms with Crippen molar-refractivity contribution in [2.45, 2.75) is 87.9 Å². The number of rotatable bonds is 12. The van der Waals surface area contributed by atoms with Gasteiger partial charge in [-0.05, 0) is 0 Å². The quantitative estimate of drug-likeness (QED) is 0.271. The summed E-state index contributed by atoms with van der Waals surface area (Å²) in [5, 5.41) is 0. The standard InChI is InChI=1S/2C12H18O.2CH3.Sn/c2*1-3-7-10(4-2)11-8-5-6-9-12(11)13;;;/h2*5-6,8-10,13H,3-4,7H2,1-2H3;2*1H3;/q;;;;+2/p-2. The Hall–Kier alpha value is -1.16. The average Bonchev–Trinajstić information content (AvgIpc) is 2.71. The van der Waals surface area contributed by atoms with Crippen LogP contribution in [0.4, 0.5) is 0 Å². The van der Waals surface area contributed by atoms with Gasteiger partial charge in [-0.25, -0.2) is 0 Å². The van der Waals surface area contributed by atoms with Crippen molar-refractivity contribution >= 4 is 19.2 Å². The summed E-state index contributed by atoms with van der Waals surface area (Å²) in [6.45, 7) is 9.07. The second-order valence-electron chi connectivity index (χ2n) is 8.47. The van der Waals surface area contributed by atoms with Crippen LogP contribution in [-0.4, -0.2) is 19.2 Å². The molecular formula is C26H40O2Sn. The monoisotopic (exact) mass is 504 g/mol. The summed E-state index contributed by atoms with van der Waals surface area (Å²) in [5.74, 6) is 3.18. The van der Waals surface area contributed by atoms with Gasteiger partial charge in [0.1, 0.15) is 0 Å². The molecule has 0 aliphatic rings. The van der Waals surface area contributed by atoms with Crippen LogP contribution in [0.1, 0.15) is 89.2 Å². The third-order valence-electron chi connectivity index (χ3n) is 5.69. The molecule has 2 aromatic rings. The van der Waals surface area contributed by atoms with E-state index < -0.39 is 19.2 Å². The Bertz CT molecular complexity index is 679.